The van der Waals surface area contributed by atoms with E-state index in [4.69, 9.17) is 0 Å². The van der Waals surface area contributed by atoms with Crippen LogP contribution in [-0.4, -0.2) is 37.5 Å². The lowest BCUT2D eigenvalue weighted by atomic mass is 10.1. The van der Waals surface area contributed by atoms with Gasteiger partial charge in [0.2, 0.25) is 5.91 Å². The van der Waals surface area contributed by atoms with Gasteiger partial charge in [0.15, 0.2) is 5.16 Å². The van der Waals surface area contributed by atoms with E-state index in [0.717, 1.165) is 0 Å². The van der Waals surface area contributed by atoms with Gasteiger partial charge in [0.1, 0.15) is 0 Å². The van der Waals surface area contributed by atoms with E-state index in [1.54, 1.807) is 12.3 Å². The molecule has 2 aromatic rings. The molecule has 8 nitrogen and oxygen atoms in total. The fraction of sp³-hybridized carbons (Fsp3) is 0.400. The zero-order valence-corrected chi connectivity index (χ0v) is 13.7. The smallest absolute Gasteiger partial charge is 0.266 e. The van der Waals surface area contributed by atoms with Gasteiger partial charge in [0, 0.05) is 49.9 Å². The fourth-order valence-electron chi connectivity index (χ4n) is 2.45. The Morgan fingerprint density at radius 1 is 1.29 bits per heavy atom. The Bertz CT molecular complexity index is 847. The predicted molar refractivity (Wildman–Crippen MR) is 88.8 cm³/mol. The Balaban J connectivity index is 1.50. The Hall–Kier alpha value is -2.42. The van der Waals surface area contributed by atoms with Gasteiger partial charge in [0.25, 0.3) is 11.1 Å². The largest absolute Gasteiger partial charge is 0.356 e. The molecule has 3 heterocycles. The molecule has 9 heteroatoms. The average Bonchev–Trinajstić information content (AvgIpc) is 2.60. The molecule has 0 saturated heterocycles. The van der Waals surface area contributed by atoms with Crippen LogP contribution in [0.5, 0.6) is 0 Å². The number of nitrogens with zero attached hydrogens (tertiary/aromatic N) is 4. The molecular formula is C15H17N5O3S. The maximum atomic E-state index is 12.3. The lowest BCUT2D eigenvalue weighted by Gasteiger charge is -2.23. The maximum absolute atomic E-state index is 12.3. The van der Waals surface area contributed by atoms with Gasteiger partial charge in [-0.15, -0.1) is 0 Å². The molecule has 1 amide bonds. The zero-order valence-electron chi connectivity index (χ0n) is 12.9. The first-order valence-corrected chi connectivity index (χ1v) is 8.62. The summed E-state index contributed by atoms with van der Waals surface area (Å²) in [4.78, 5) is 39.7. The summed E-state index contributed by atoms with van der Waals surface area (Å²) in [6.45, 7) is 1.25. The number of aromatic nitrogens is 4. The number of hydrogen-bond donors (Lipinski definition) is 1. The van der Waals surface area contributed by atoms with E-state index in [-0.39, 0.29) is 22.9 Å². The highest BCUT2D eigenvalue weighted by Gasteiger charge is 2.26. The van der Waals surface area contributed by atoms with Crippen LogP contribution < -0.4 is 16.4 Å². The molecule has 0 fully saturated rings. The lowest BCUT2D eigenvalue weighted by molar-refractivity contribution is -0.124. The predicted octanol–water partition coefficient (Wildman–Crippen LogP) is -0.272. The molecule has 2 aromatic heterocycles. The van der Waals surface area contributed by atoms with E-state index in [1.165, 1.54) is 39.3 Å². The van der Waals surface area contributed by atoms with Crippen molar-refractivity contribution < 1.29 is 4.79 Å². The van der Waals surface area contributed by atoms with Crippen LogP contribution in [0.25, 0.3) is 0 Å². The summed E-state index contributed by atoms with van der Waals surface area (Å²) in [6.07, 6.45) is 3.66. The van der Waals surface area contributed by atoms with E-state index in [0.29, 0.717) is 37.0 Å². The van der Waals surface area contributed by atoms with Gasteiger partial charge < -0.3 is 5.32 Å². The normalized spacial score (nSPS) is 16.4. The van der Waals surface area contributed by atoms with Crippen molar-refractivity contribution in [1.29, 1.82) is 0 Å². The van der Waals surface area contributed by atoms with Gasteiger partial charge in [-0.1, -0.05) is 11.8 Å². The van der Waals surface area contributed by atoms with Crippen molar-refractivity contribution in [2.24, 2.45) is 5.92 Å². The molecule has 0 aromatic carbocycles. The monoisotopic (exact) mass is 347 g/mol. The van der Waals surface area contributed by atoms with E-state index in [2.05, 4.69) is 15.4 Å². The van der Waals surface area contributed by atoms with Gasteiger partial charge in [-0.3, -0.25) is 19.0 Å². The molecule has 1 N–H and O–H groups in total. The Morgan fingerprint density at radius 3 is 3.00 bits per heavy atom. The number of rotatable bonds is 5. The zero-order chi connectivity index (χ0) is 16.9. The molecule has 24 heavy (non-hydrogen) atoms. The number of amides is 1. The van der Waals surface area contributed by atoms with Crippen LogP contribution in [0.1, 0.15) is 6.42 Å². The second kappa shape index (κ2) is 7.43. The van der Waals surface area contributed by atoms with Crippen molar-refractivity contribution in [3.05, 3.63) is 51.3 Å². The number of fused-ring (bicyclic) bond motifs is 1. The minimum Gasteiger partial charge on any atom is -0.356 e. The Kier molecular flexibility index (Phi) is 5.09. The minimum atomic E-state index is -0.262. The summed E-state index contributed by atoms with van der Waals surface area (Å²) in [6, 6.07) is 4.44. The highest BCUT2D eigenvalue weighted by molar-refractivity contribution is 7.99. The number of hydrogen-bond acceptors (Lipinski definition) is 6. The molecule has 0 aliphatic carbocycles. The summed E-state index contributed by atoms with van der Waals surface area (Å²) in [5, 5.41) is 7.48. The first-order valence-electron chi connectivity index (χ1n) is 7.63. The summed E-state index contributed by atoms with van der Waals surface area (Å²) >= 11 is 1.41. The molecule has 1 aliphatic heterocycles. The average molecular weight is 347 g/mol. The maximum Gasteiger partial charge on any atom is 0.266 e. The summed E-state index contributed by atoms with van der Waals surface area (Å²) in [7, 11) is 0. The number of nitrogens with one attached hydrogen (secondary N) is 1. The summed E-state index contributed by atoms with van der Waals surface area (Å²) in [5.74, 6) is 0.251. The quantitative estimate of drug-likeness (QED) is 0.590. The number of carbonyl (C=O) groups excluding carboxylic acids is 1. The minimum absolute atomic E-state index is 0.0859. The van der Waals surface area contributed by atoms with Crippen molar-refractivity contribution in [2.75, 3.05) is 12.3 Å². The molecule has 3 rings (SSSR count). The van der Waals surface area contributed by atoms with Crippen molar-refractivity contribution in [1.82, 2.24) is 24.6 Å². The molecule has 0 saturated carbocycles. The van der Waals surface area contributed by atoms with Crippen molar-refractivity contribution in [2.45, 2.75) is 24.7 Å². The highest BCUT2D eigenvalue weighted by Crippen LogP contribution is 2.24. The summed E-state index contributed by atoms with van der Waals surface area (Å²) < 4.78 is 2.90. The number of carbonyl (C=O) groups is 1. The molecular weight excluding hydrogens is 330 g/mol. The highest BCUT2D eigenvalue weighted by atomic mass is 32.2. The van der Waals surface area contributed by atoms with Crippen LogP contribution in [-0.2, 0) is 17.9 Å². The standard InChI is InChI=1S/C15H17N5O3S/c21-12-4-7-17-15-19(12)9-11(10-24-15)14(23)16-5-2-8-20-13(22)3-1-6-18-20/h1,3-4,6-7,11H,2,5,8-10H2,(H,16,23). The van der Waals surface area contributed by atoms with Gasteiger partial charge in [-0.25, -0.2) is 9.67 Å². The van der Waals surface area contributed by atoms with Gasteiger partial charge >= 0.3 is 0 Å². The second-order valence-electron chi connectivity index (χ2n) is 5.41. The van der Waals surface area contributed by atoms with Gasteiger partial charge in [-0.2, -0.15) is 5.10 Å². The topological polar surface area (TPSA) is 98.9 Å². The van der Waals surface area contributed by atoms with Gasteiger partial charge in [-0.05, 0) is 12.5 Å². The van der Waals surface area contributed by atoms with Crippen LogP contribution in [0.15, 0.2) is 45.3 Å². The third kappa shape index (κ3) is 3.73. The van der Waals surface area contributed by atoms with Gasteiger partial charge in [0.05, 0.1) is 5.92 Å². The molecule has 126 valence electrons. The SMILES string of the molecule is O=C(NCCCn1ncccc1=O)C1CSc2nccc(=O)n2C1. The van der Waals surface area contributed by atoms with Crippen LogP contribution in [0.3, 0.4) is 0 Å². The van der Waals surface area contributed by atoms with Crippen LogP contribution >= 0.6 is 11.8 Å². The summed E-state index contributed by atoms with van der Waals surface area (Å²) in [5.41, 5.74) is -0.296. The molecule has 1 aliphatic rings. The van der Waals surface area contributed by atoms with E-state index in [9.17, 15) is 14.4 Å². The molecule has 0 bridgehead atoms. The van der Waals surface area contributed by atoms with Crippen molar-refractivity contribution >= 4 is 17.7 Å². The van der Waals surface area contributed by atoms with Crippen molar-refractivity contribution in [3.63, 3.8) is 0 Å². The first-order chi connectivity index (χ1) is 11.6. The van der Waals surface area contributed by atoms with E-state index >= 15 is 0 Å². The first kappa shape index (κ1) is 16.4. The molecule has 0 radical (unpaired) electrons. The third-order valence-electron chi connectivity index (χ3n) is 3.72. The van der Waals surface area contributed by atoms with Crippen LogP contribution in [0.2, 0.25) is 0 Å². The molecule has 1 unspecified atom stereocenters. The lowest BCUT2D eigenvalue weighted by Crippen LogP contribution is -2.40. The van der Waals surface area contributed by atoms with Crippen molar-refractivity contribution in [3.8, 4) is 0 Å². The molecule has 1 atom stereocenters. The van der Waals surface area contributed by atoms with Crippen LogP contribution in [0.4, 0.5) is 0 Å². The van der Waals surface area contributed by atoms with E-state index < -0.39 is 0 Å². The molecule has 0 spiro atoms. The fourth-order valence-corrected chi connectivity index (χ4v) is 3.51. The Labute approximate surface area is 141 Å². The Morgan fingerprint density at radius 2 is 2.17 bits per heavy atom. The number of thioether (sulfide) groups is 1. The van der Waals surface area contributed by atoms with E-state index in [1.807, 2.05) is 0 Å². The van der Waals surface area contributed by atoms with Crippen LogP contribution in [0, 0.1) is 5.92 Å². The third-order valence-corrected chi connectivity index (χ3v) is 4.87. The number of aryl methyl sites for hydroxylation is 1. The second-order valence-corrected chi connectivity index (χ2v) is 6.40.